The molecule has 10 nitrogen and oxygen atoms in total. The number of amides is 3. The lowest BCUT2D eigenvalue weighted by atomic mass is 10.1. The number of hydrogen-bond donors (Lipinski definition) is 2. The number of anilines is 2. The predicted molar refractivity (Wildman–Crippen MR) is 131 cm³/mol. The molecule has 0 radical (unpaired) electrons. The van der Waals surface area contributed by atoms with Crippen LogP contribution >= 0.6 is 0 Å². The number of imidazole rings is 1. The first-order valence-corrected chi connectivity index (χ1v) is 11.9. The summed E-state index contributed by atoms with van der Waals surface area (Å²) in [5.74, 6) is -0.975. The van der Waals surface area contributed by atoms with Gasteiger partial charge in [-0.1, -0.05) is 6.58 Å². The van der Waals surface area contributed by atoms with Crippen LogP contribution in [0.2, 0.25) is 0 Å². The summed E-state index contributed by atoms with van der Waals surface area (Å²) in [5, 5.41) is 5.43. The first-order valence-electron chi connectivity index (χ1n) is 11.9. The van der Waals surface area contributed by atoms with Crippen LogP contribution < -0.4 is 15.4 Å². The van der Waals surface area contributed by atoms with Crippen molar-refractivity contribution in [2.24, 2.45) is 0 Å². The van der Waals surface area contributed by atoms with Crippen molar-refractivity contribution in [2.75, 3.05) is 30.3 Å². The zero-order valence-electron chi connectivity index (χ0n) is 20.0. The third-order valence-electron chi connectivity index (χ3n) is 6.47. The normalized spacial score (nSPS) is 17.7. The average Bonchev–Trinajstić information content (AvgIpc) is 3.08. The van der Waals surface area contributed by atoms with Crippen molar-refractivity contribution < 1.29 is 32.3 Å². The van der Waals surface area contributed by atoms with E-state index in [0.29, 0.717) is 41.5 Å². The van der Waals surface area contributed by atoms with Gasteiger partial charge in [0.2, 0.25) is 11.9 Å². The van der Waals surface area contributed by atoms with E-state index < -0.39 is 17.8 Å². The van der Waals surface area contributed by atoms with Gasteiger partial charge < -0.3 is 19.5 Å². The van der Waals surface area contributed by atoms with E-state index in [1.165, 1.54) is 12.1 Å². The Bertz CT molecular complexity index is 1450. The minimum absolute atomic E-state index is 0.0569. The first kappa shape index (κ1) is 25.2. The maximum Gasteiger partial charge on any atom is 0.433 e. The van der Waals surface area contributed by atoms with Crippen molar-refractivity contribution in [3.8, 4) is 5.75 Å². The molecule has 3 amide bonds. The van der Waals surface area contributed by atoms with Crippen LogP contribution in [0.1, 0.15) is 41.4 Å². The number of pyridine rings is 1. The number of halogens is 3. The van der Waals surface area contributed by atoms with E-state index >= 15 is 0 Å². The second-order valence-corrected chi connectivity index (χ2v) is 8.97. The van der Waals surface area contributed by atoms with E-state index in [1.807, 2.05) is 0 Å². The fraction of sp³-hybridized carbons (Fsp3) is 0.320. The molecule has 1 saturated heterocycles. The lowest BCUT2D eigenvalue weighted by molar-refractivity contribution is -0.141. The highest BCUT2D eigenvalue weighted by atomic mass is 19.4. The molecule has 4 heterocycles. The highest BCUT2D eigenvalue weighted by Gasteiger charge is 2.34. The molecule has 1 atom stereocenters. The van der Waals surface area contributed by atoms with E-state index in [4.69, 9.17) is 4.74 Å². The molecule has 0 bridgehead atoms. The lowest BCUT2D eigenvalue weighted by Gasteiger charge is -2.27. The molecule has 2 N–H and O–H groups in total. The van der Waals surface area contributed by atoms with Gasteiger partial charge in [-0.2, -0.15) is 13.2 Å². The summed E-state index contributed by atoms with van der Waals surface area (Å²) in [7, 11) is 0. The van der Waals surface area contributed by atoms with Crippen molar-refractivity contribution in [3.05, 3.63) is 54.4 Å². The van der Waals surface area contributed by atoms with Crippen molar-refractivity contribution in [1.29, 1.82) is 0 Å². The summed E-state index contributed by atoms with van der Waals surface area (Å²) in [4.78, 5) is 47.2. The maximum atomic E-state index is 13.2. The molecule has 1 aromatic carbocycles. The molecule has 38 heavy (non-hydrogen) atoms. The Morgan fingerprint density at radius 2 is 2.05 bits per heavy atom. The Morgan fingerprint density at radius 1 is 1.24 bits per heavy atom. The van der Waals surface area contributed by atoms with Gasteiger partial charge in [0.25, 0.3) is 11.8 Å². The van der Waals surface area contributed by atoms with Gasteiger partial charge in [-0.25, -0.2) is 4.98 Å². The Labute approximate surface area is 214 Å². The van der Waals surface area contributed by atoms with Gasteiger partial charge in [0.15, 0.2) is 6.61 Å². The molecule has 3 aromatic rings. The Balaban J connectivity index is 1.61. The van der Waals surface area contributed by atoms with E-state index in [-0.39, 0.29) is 42.5 Å². The van der Waals surface area contributed by atoms with Gasteiger partial charge in [0, 0.05) is 24.8 Å². The second kappa shape index (κ2) is 9.80. The van der Waals surface area contributed by atoms with Crippen LogP contribution in [-0.4, -0.2) is 56.9 Å². The number of rotatable bonds is 4. The van der Waals surface area contributed by atoms with Gasteiger partial charge in [-0.05, 0) is 49.6 Å². The van der Waals surface area contributed by atoms with Crippen LogP contribution in [0.25, 0.3) is 11.0 Å². The first-order chi connectivity index (χ1) is 18.2. The molecular formula is C25H23F3N6O4. The zero-order chi connectivity index (χ0) is 27.0. The van der Waals surface area contributed by atoms with Crippen LogP contribution in [0, 0.1) is 0 Å². The lowest BCUT2D eigenvalue weighted by Crippen LogP contribution is -2.34. The van der Waals surface area contributed by atoms with Crippen molar-refractivity contribution in [1.82, 2.24) is 19.4 Å². The van der Waals surface area contributed by atoms with Gasteiger partial charge in [-0.3, -0.25) is 24.7 Å². The third kappa shape index (κ3) is 4.78. The number of alkyl halides is 3. The van der Waals surface area contributed by atoms with E-state index in [2.05, 4.69) is 27.2 Å². The van der Waals surface area contributed by atoms with Gasteiger partial charge in [-0.15, -0.1) is 0 Å². The number of ether oxygens (including phenoxy) is 1. The minimum atomic E-state index is -4.72. The number of aromatic nitrogens is 3. The molecule has 1 fully saturated rings. The highest BCUT2D eigenvalue weighted by molar-refractivity contribution is 6.07. The number of likely N-dealkylation sites (tertiary alicyclic amines) is 1. The average molecular weight is 528 g/mol. The molecular weight excluding hydrogens is 505 g/mol. The fourth-order valence-electron chi connectivity index (χ4n) is 4.73. The molecule has 13 heteroatoms. The molecule has 5 rings (SSSR count). The molecule has 2 aliphatic rings. The SMILES string of the molecule is C=CC(=O)N1CCCC[C@@H](n2c(NC(=O)c3ccnc(C(F)(F)F)c3)nc3ccc4c(c32)NC(=O)CO4)C1. The van der Waals surface area contributed by atoms with Crippen molar-refractivity contribution in [3.63, 3.8) is 0 Å². The summed E-state index contributed by atoms with van der Waals surface area (Å²) >= 11 is 0. The van der Waals surface area contributed by atoms with E-state index in [1.54, 1.807) is 21.6 Å². The van der Waals surface area contributed by atoms with Crippen LogP contribution in [0.4, 0.5) is 24.8 Å². The monoisotopic (exact) mass is 528 g/mol. The zero-order valence-corrected chi connectivity index (χ0v) is 20.0. The molecule has 2 aliphatic heterocycles. The smallest absolute Gasteiger partial charge is 0.433 e. The maximum absolute atomic E-state index is 13.2. The molecule has 0 spiro atoms. The summed E-state index contributed by atoms with van der Waals surface area (Å²) in [5.41, 5.74) is -0.208. The van der Waals surface area contributed by atoms with Gasteiger partial charge in [0.1, 0.15) is 17.1 Å². The molecule has 0 aliphatic carbocycles. The topological polar surface area (TPSA) is 118 Å². The van der Waals surface area contributed by atoms with Crippen LogP contribution in [-0.2, 0) is 15.8 Å². The number of carbonyl (C=O) groups excluding carboxylic acids is 3. The number of hydrogen-bond acceptors (Lipinski definition) is 6. The van der Waals surface area contributed by atoms with Crippen LogP contribution in [0.5, 0.6) is 5.75 Å². The number of benzene rings is 1. The van der Waals surface area contributed by atoms with Crippen molar-refractivity contribution >= 4 is 40.4 Å². The largest absolute Gasteiger partial charge is 0.481 e. The molecule has 0 unspecified atom stereocenters. The van der Waals surface area contributed by atoms with Gasteiger partial charge in [0.05, 0.1) is 17.1 Å². The van der Waals surface area contributed by atoms with Crippen molar-refractivity contribution in [2.45, 2.75) is 31.5 Å². The number of fused-ring (bicyclic) bond motifs is 3. The standard InChI is InChI=1S/C25H23F3N6O4/c1-2-20(36)33-10-4-3-5-15(12-33)34-22-16(6-7-17-21(22)31-19(35)13-38-17)30-24(34)32-23(37)14-8-9-29-18(11-14)25(26,27)28/h2,6-9,11,15H,1,3-5,10,12-13H2,(H,31,35)(H,30,32,37)/t15-/m1/s1. The predicted octanol–water partition coefficient (Wildman–Crippen LogP) is 3.77. The summed E-state index contributed by atoms with van der Waals surface area (Å²) in [6, 6.07) is 4.75. The fourth-order valence-corrected chi connectivity index (χ4v) is 4.73. The highest BCUT2D eigenvalue weighted by Crippen LogP contribution is 2.40. The minimum Gasteiger partial charge on any atom is -0.481 e. The number of nitrogens with zero attached hydrogens (tertiary/aromatic N) is 4. The van der Waals surface area contributed by atoms with Crippen LogP contribution in [0.3, 0.4) is 0 Å². The molecule has 2 aromatic heterocycles. The Morgan fingerprint density at radius 3 is 2.82 bits per heavy atom. The van der Waals surface area contributed by atoms with Gasteiger partial charge >= 0.3 is 6.18 Å². The number of carbonyl (C=O) groups is 3. The van der Waals surface area contributed by atoms with E-state index in [0.717, 1.165) is 19.0 Å². The third-order valence-corrected chi connectivity index (χ3v) is 6.47. The molecule has 198 valence electrons. The Hall–Kier alpha value is -4.42. The summed E-state index contributed by atoms with van der Waals surface area (Å²) < 4.78 is 46.8. The second-order valence-electron chi connectivity index (χ2n) is 8.97. The number of nitrogens with one attached hydrogen (secondary N) is 2. The van der Waals surface area contributed by atoms with E-state index in [9.17, 15) is 27.6 Å². The summed E-state index contributed by atoms with van der Waals surface area (Å²) in [6.07, 6.45) is -0.457. The molecule has 0 saturated carbocycles. The van der Waals surface area contributed by atoms with Crippen LogP contribution in [0.15, 0.2) is 43.1 Å². The quantitative estimate of drug-likeness (QED) is 0.498. The Kier molecular flexibility index (Phi) is 6.51. The summed E-state index contributed by atoms with van der Waals surface area (Å²) in [6.45, 7) is 4.19.